The molecular weight excluding hydrogens is 348 g/mol. The van der Waals surface area contributed by atoms with Gasteiger partial charge in [-0.3, -0.25) is 0 Å². The lowest BCUT2D eigenvalue weighted by Gasteiger charge is -2.31. The minimum Gasteiger partial charge on any atom is -0.494 e. The van der Waals surface area contributed by atoms with Crippen molar-refractivity contribution in [1.82, 2.24) is 9.62 Å². The Labute approximate surface area is 158 Å². The predicted octanol–water partition coefficient (Wildman–Crippen LogP) is 3.26. The lowest BCUT2D eigenvalue weighted by molar-refractivity contribution is 0.287. The molecule has 0 radical (unpaired) electrons. The summed E-state index contributed by atoms with van der Waals surface area (Å²) in [6.07, 6.45) is 5.46. The number of benzene rings is 1. The maximum absolute atomic E-state index is 12.8. The Hall–Kier alpha value is -1.11. The van der Waals surface area contributed by atoms with Crippen molar-refractivity contribution in [1.29, 1.82) is 0 Å². The third-order valence-corrected chi connectivity index (χ3v) is 7.18. The molecular formula is C20H32N2O3S. The summed E-state index contributed by atoms with van der Waals surface area (Å²) in [7, 11) is -3.41. The molecule has 0 bridgehead atoms. The number of nitrogens with one attached hydrogen (secondary N) is 1. The van der Waals surface area contributed by atoms with E-state index in [4.69, 9.17) is 4.74 Å². The van der Waals surface area contributed by atoms with Crippen LogP contribution in [-0.2, 0) is 10.0 Å². The van der Waals surface area contributed by atoms with Crippen LogP contribution in [0.2, 0.25) is 0 Å². The lowest BCUT2D eigenvalue weighted by atomic mass is 10.1. The zero-order valence-corrected chi connectivity index (χ0v) is 16.8. The van der Waals surface area contributed by atoms with Gasteiger partial charge in [0.2, 0.25) is 10.0 Å². The molecule has 1 aromatic carbocycles. The van der Waals surface area contributed by atoms with Crippen LogP contribution in [0.4, 0.5) is 0 Å². The Morgan fingerprint density at radius 3 is 2.35 bits per heavy atom. The molecule has 1 N–H and O–H groups in total. The van der Waals surface area contributed by atoms with Gasteiger partial charge in [0.15, 0.2) is 0 Å². The summed E-state index contributed by atoms with van der Waals surface area (Å²) >= 11 is 0. The van der Waals surface area contributed by atoms with Gasteiger partial charge in [0, 0.05) is 19.1 Å². The Morgan fingerprint density at radius 2 is 1.77 bits per heavy atom. The molecule has 1 aliphatic carbocycles. The molecule has 6 heteroatoms. The second-order valence-corrected chi connectivity index (χ2v) is 9.97. The Kier molecular flexibility index (Phi) is 6.59. The fraction of sp³-hybridized carbons (Fsp3) is 0.700. The van der Waals surface area contributed by atoms with Crippen molar-refractivity contribution in [3.63, 3.8) is 0 Å². The highest BCUT2D eigenvalue weighted by Crippen LogP contribution is 2.28. The molecule has 0 aromatic heterocycles. The van der Waals surface area contributed by atoms with Crippen molar-refractivity contribution in [3.05, 3.63) is 24.3 Å². The molecule has 1 saturated heterocycles. The van der Waals surface area contributed by atoms with Gasteiger partial charge < -0.3 is 10.1 Å². The Bertz CT molecular complexity index is 661. The number of sulfonamides is 1. The molecule has 2 aliphatic rings. The first-order valence-corrected chi connectivity index (χ1v) is 11.4. The van der Waals surface area contributed by atoms with Crippen LogP contribution in [0.25, 0.3) is 0 Å². The van der Waals surface area contributed by atoms with Crippen LogP contribution in [-0.4, -0.2) is 45.0 Å². The maximum atomic E-state index is 12.8. The van der Waals surface area contributed by atoms with Crippen molar-refractivity contribution in [2.24, 2.45) is 11.8 Å². The van der Waals surface area contributed by atoms with Crippen LogP contribution in [0, 0.1) is 11.8 Å². The average molecular weight is 381 g/mol. The van der Waals surface area contributed by atoms with E-state index < -0.39 is 10.0 Å². The van der Waals surface area contributed by atoms with Gasteiger partial charge in [-0.2, -0.15) is 4.31 Å². The molecule has 26 heavy (non-hydrogen) atoms. The molecule has 0 unspecified atom stereocenters. The van der Waals surface area contributed by atoms with Crippen LogP contribution in [0.1, 0.15) is 46.0 Å². The van der Waals surface area contributed by atoms with Crippen molar-refractivity contribution in [2.45, 2.75) is 56.9 Å². The summed E-state index contributed by atoms with van der Waals surface area (Å²) in [4.78, 5) is 0.359. The number of piperidine rings is 1. The highest BCUT2D eigenvalue weighted by Gasteiger charge is 2.30. The fourth-order valence-corrected chi connectivity index (χ4v) is 4.69. The van der Waals surface area contributed by atoms with Gasteiger partial charge in [0.05, 0.1) is 11.5 Å². The highest BCUT2D eigenvalue weighted by molar-refractivity contribution is 7.89. The lowest BCUT2D eigenvalue weighted by Crippen LogP contribution is -2.45. The first-order valence-electron chi connectivity index (χ1n) is 9.91. The topological polar surface area (TPSA) is 58.6 Å². The number of ether oxygens (including phenoxy) is 1. The third kappa shape index (κ3) is 5.44. The van der Waals surface area contributed by atoms with Gasteiger partial charge in [-0.1, -0.05) is 13.8 Å². The zero-order valence-electron chi connectivity index (χ0n) is 16.0. The van der Waals surface area contributed by atoms with Crippen molar-refractivity contribution >= 4 is 10.0 Å². The normalized spacial score (nSPS) is 19.8. The molecule has 146 valence electrons. The van der Waals surface area contributed by atoms with Gasteiger partial charge in [0.1, 0.15) is 5.75 Å². The second-order valence-electron chi connectivity index (χ2n) is 8.03. The molecule has 0 amide bonds. The standard InChI is InChI=1S/C20H32N2O3S/c1-16(2)11-14-25-19-5-7-20(8-6-19)26(23,24)22-12-9-18(10-13-22)21-15-17-3-4-17/h5-8,16-18,21H,3-4,9-15H2,1-2H3. The van der Waals surface area contributed by atoms with E-state index in [-0.39, 0.29) is 0 Å². The zero-order chi connectivity index (χ0) is 18.6. The quantitative estimate of drug-likeness (QED) is 0.714. The number of hydrogen-bond donors (Lipinski definition) is 1. The number of hydrogen-bond acceptors (Lipinski definition) is 4. The molecule has 2 fully saturated rings. The third-order valence-electron chi connectivity index (χ3n) is 5.27. The summed E-state index contributed by atoms with van der Waals surface area (Å²) in [5.41, 5.74) is 0. The molecule has 1 aromatic rings. The van der Waals surface area contributed by atoms with E-state index in [0.717, 1.165) is 37.5 Å². The van der Waals surface area contributed by atoms with Crippen molar-refractivity contribution < 1.29 is 13.2 Å². The highest BCUT2D eigenvalue weighted by atomic mass is 32.2. The first kappa shape index (κ1) is 19.6. The molecule has 5 nitrogen and oxygen atoms in total. The molecule has 1 aliphatic heterocycles. The Morgan fingerprint density at radius 1 is 1.12 bits per heavy atom. The Balaban J connectivity index is 1.51. The monoisotopic (exact) mass is 380 g/mol. The number of rotatable bonds is 9. The average Bonchev–Trinajstić information content (AvgIpc) is 3.45. The van der Waals surface area contributed by atoms with Gasteiger partial charge in [-0.15, -0.1) is 0 Å². The number of nitrogens with zero attached hydrogens (tertiary/aromatic N) is 1. The minimum absolute atomic E-state index is 0.359. The molecule has 0 spiro atoms. The summed E-state index contributed by atoms with van der Waals surface area (Å²) in [5.74, 6) is 2.18. The summed E-state index contributed by atoms with van der Waals surface area (Å²) in [5, 5.41) is 3.59. The fourth-order valence-electron chi connectivity index (χ4n) is 3.22. The van der Waals surface area contributed by atoms with Gasteiger partial charge in [0.25, 0.3) is 0 Å². The van der Waals surface area contributed by atoms with Crippen LogP contribution < -0.4 is 10.1 Å². The summed E-state index contributed by atoms with van der Waals surface area (Å²) < 4.78 is 33.0. The molecule has 0 atom stereocenters. The van der Waals surface area contributed by atoms with Crippen LogP contribution in [0.5, 0.6) is 5.75 Å². The van der Waals surface area contributed by atoms with Crippen molar-refractivity contribution in [3.8, 4) is 5.75 Å². The predicted molar refractivity (Wildman–Crippen MR) is 104 cm³/mol. The van der Waals surface area contributed by atoms with Gasteiger partial charge in [-0.25, -0.2) is 8.42 Å². The van der Waals surface area contributed by atoms with Gasteiger partial charge >= 0.3 is 0 Å². The van der Waals surface area contributed by atoms with E-state index >= 15 is 0 Å². The minimum atomic E-state index is -3.41. The van der Waals surface area contributed by atoms with E-state index in [9.17, 15) is 8.42 Å². The van der Waals surface area contributed by atoms with E-state index in [2.05, 4.69) is 19.2 Å². The van der Waals surface area contributed by atoms with E-state index in [1.54, 1.807) is 28.6 Å². The first-order chi connectivity index (χ1) is 12.4. The van der Waals surface area contributed by atoms with Crippen molar-refractivity contribution in [2.75, 3.05) is 26.2 Å². The molecule has 1 heterocycles. The molecule has 3 rings (SSSR count). The van der Waals surface area contributed by atoms with E-state index in [0.29, 0.717) is 36.6 Å². The summed E-state index contributed by atoms with van der Waals surface area (Å²) in [6, 6.07) is 7.31. The van der Waals surface area contributed by atoms with E-state index in [1.807, 2.05) is 0 Å². The molecule has 1 saturated carbocycles. The van der Waals surface area contributed by atoms with E-state index in [1.165, 1.54) is 12.8 Å². The largest absolute Gasteiger partial charge is 0.494 e. The van der Waals surface area contributed by atoms with Gasteiger partial charge in [-0.05, 0) is 74.8 Å². The smallest absolute Gasteiger partial charge is 0.243 e. The van der Waals surface area contributed by atoms with Crippen LogP contribution >= 0.6 is 0 Å². The second kappa shape index (κ2) is 8.72. The van der Waals surface area contributed by atoms with Crippen LogP contribution in [0.15, 0.2) is 29.2 Å². The SMILES string of the molecule is CC(C)CCOc1ccc(S(=O)(=O)N2CCC(NCC3CC3)CC2)cc1. The maximum Gasteiger partial charge on any atom is 0.243 e. The summed E-state index contributed by atoms with van der Waals surface area (Å²) in [6.45, 7) is 7.25. The van der Waals surface area contributed by atoms with Crippen LogP contribution in [0.3, 0.4) is 0 Å².